The number of aliphatic hydroxyl groups is 1. The van der Waals surface area contributed by atoms with E-state index in [1.165, 1.54) is 18.5 Å². The smallest absolute Gasteiger partial charge is 0.396 e. The van der Waals surface area contributed by atoms with E-state index in [2.05, 4.69) is 5.10 Å². The topological polar surface area (TPSA) is 75.4 Å². The van der Waals surface area contributed by atoms with Gasteiger partial charge in [0.25, 0.3) is 0 Å². The third-order valence-electron chi connectivity index (χ3n) is 2.67. The number of hydrogen-bond acceptors (Lipinski definition) is 4. The van der Waals surface area contributed by atoms with Gasteiger partial charge in [0.05, 0.1) is 6.20 Å². The fourth-order valence-electron chi connectivity index (χ4n) is 1.69. The molecule has 0 unspecified atom stereocenters. The van der Waals surface area contributed by atoms with E-state index < -0.39 is 28.8 Å². The summed E-state index contributed by atoms with van der Waals surface area (Å²) in [6.45, 7) is 1.40. The van der Waals surface area contributed by atoms with E-state index in [-0.39, 0.29) is 18.0 Å². The molecule has 122 valence electrons. The summed E-state index contributed by atoms with van der Waals surface area (Å²) in [5.41, 5.74) is 0. The average molecular weight is 329 g/mol. The minimum atomic E-state index is -4.62. The van der Waals surface area contributed by atoms with Crippen molar-refractivity contribution < 1.29 is 26.7 Å². The van der Waals surface area contributed by atoms with E-state index in [0.717, 1.165) is 12.4 Å². The number of halogens is 3. The first-order chi connectivity index (χ1) is 9.58. The zero-order valence-electron chi connectivity index (χ0n) is 11.7. The zero-order valence-corrected chi connectivity index (χ0v) is 12.5. The molecule has 21 heavy (non-hydrogen) atoms. The third kappa shape index (κ3) is 4.97. The number of rotatable bonds is 7. The molecule has 0 bridgehead atoms. The molecule has 1 heterocycles. The van der Waals surface area contributed by atoms with Gasteiger partial charge < -0.3 is 5.11 Å². The Morgan fingerprint density at radius 3 is 2.52 bits per heavy atom. The van der Waals surface area contributed by atoms with Gasteiger partial charge in [-0.05, 0) is 20.3 Å². The molecule has 0 saturated heterocycles. The van der Waals surface area contributed by atoms with Crippen LogP contribution in [0.2, 0.25) is 0 Å². The van der Waals surface area contributed by atoms with Crippen molar-refractivity contribution in [1.82, 2.24) is 14.1 Å². The second-order valence-electron chi connectivity index (χ2n) is 4.78. The summed E-state index contributed by atoms with van der Waals surface area (Å²) in [4.78, 5) is -0.293. The van der Waals surface area contributed by atoms with Crippen LogP contribution in [0.15, 0.2) is 17.3 Å². The molecule has 1 aromatic rings. The van der Waals surface area contributed by atoms with Crippen LogP contribution in [0, 0.1) is 0 Å². The lowest BCUT2D eigenvalue weighted by Gasteiger charge is -2.26. The van der Waals surface area contributed by atoms with Gasteiger partial charge in [-0.3, -0.25) is 4.68 Å². The summed E-state index contributed by atoms with van der Waals surface area (Å²) in [7, 11) is -4.27. The van der Waals surface area contributed by atoms with Gasteiger partial charge in [-0.15, -0.1) is 0 Å². The van der Waals surface area contributed by atoms with Crippen molar-refractivity contribution in [3.05, 3.63) is 12.4 Å². The highest BCUT2D eigenvalue weighted by Gasteiger charge is 2.38. The second-order valence-corrected chi connectivity index (χ2v) is 6.67. The summed E-state index contributed by atoms with van der Waals surface area (Å²) in [6.07, 6.45) is -2.07. The lowest BCUT2D eigenvalue weighted by atomic mass is 10.4. The van der Waals surface area contributed by atoms with Crippen molar-refractivity contribution in [2.24, 2.45) is 0 Å². The number of alkyl halides is 3. The fourth-order valence-corrected chi connectivity index (χ4v) is 3.27. The molecular formula is C11H18F3N3O3S. The van der Waals surface area contributed by atoms with Crippen molar-refractivity contribution in [1.29, 1.82) is 0 Å². The first kappa shape index (κ1) is 17.9. The van der Waals surface area contributed by atoms with Gasteiger partial charge in [0, 0.05) is 25.4 Å². The summed E-state index contributed by atoms with van der Waals surface area (Å²) in [5, 5.41) is 12.5. The van der Waals surface area contributed by atoms with Crippen LogP contribution in [0.25, 0.3) is 0 Å². The average Bonchev–Trinajstić information content (AvgIpc) is 2.81. The SMILES string of the molecule is CC(C)N(CC(F)(F)F)S(=O)(=O)c1cnn(CCCO)c1. The van der Waals surface area contributed by atoms with Gasteiger partial charge in [0.15, 0.2) is 0 Å². The molecular weight excluding hydrogens is 311 g/mol. The van der Waals surface area contributed by atoms with Crippen molar-refractivity contribution in [2.75, 3.05) is 13.2 Å². The maximum atomic E-state index is 12.5. The molecule has 1 rings (SSSR count). The first-order valence-corrected chi connectivity index (χ1v) is 7.74. The lowest BCUT2D eigenvalue weighted by molar-refractivity contribution is -0.138. The van der Waals surface area contributed by atoms with Crippen LogP contribution in [-0.2, 0) is 16.6 Å². The molecule has 1 aromatic heterocycles. The molecule has 0 atom stereocenters. The molecule has 10 heteroatoms. The standard InChI is InChI=1S/C11H18F3N3O3S/c1-9(2)17(8-11(12,13)14)21(19,20)10-6-15-16(7-10)4-3-5-18/h6-7,9,18H,3-5,8H2,1-2H3. The Balaban J connectivity index is 3.03. The fraction of sp³-hybridized carbons (Fsp3) is 0.727. The van der Waals surface area contributed by atoms with Crippen molar-refractivity contribution in [3.8, 4) is 0 Å². The molecule has 0 aromatic carbocycles. The Labute approximate surface area is 121 Å². The van der Waals surface area contributed by atoms with E-state index in [4.69, 9.17) is 5.11 Å². The second kappa shape index (κ2) is 6.75. The maximum absolute atomic E-state index is 12.5. The van der Waals surface area contributed by atoms with E-state index in [1.54, 1.807) is 0 Å². The Morgan fingerprint density at radius 1 is 1.43 bits per heavy atom. The number of aryl methyl sites for hydroxylation is 1. The van der Waals surface area contributed by atoms with Gasteiger partial charge in [-0.1, -0.05) is 0 Å². The normalized spacial score (nSPS) is 13.3. The summed E-state index contributed by atoms with van der Waals surface area (Å²) in [6, 6.07) is -0.836. The number of aromatic nitrogens is 2. The third-order valence-corrected chi connectivity index (χ3v) is 4.65. The molecule has 0 fully saturated rings. The molecule has 0 amide bonds. The predicted molar refractivity (Wildman–Crippen MR) is 69.0 cm³/mol. The van der Waals surface area contributed by atoms with E-state index in [1.807, 2.05) is 0 Å². The predicted octanol–water partition coefficient (Wildman–Crippen LogP) is 1.23. The number of nitrogens with zero attached hydrogens (tertiary/aromatic N) is 3. The molecule has 6 nitrogen and oxygen atoms in total. The molecule has 1 N–H and O–H groups in total. The Morgan fingerprint density at radius 2 is 2.05 bits per heavy atom. The molecule has 0 aliphatic heterocycles. The van der Waals surface area contributed by atoms with Crippen LogP contribution >= 0.6 is 0 Å². The van der Waals surface area contributed by atoms with Crippen LogP contribution in [-0.4, -0.2) is 53.0 Å². The number of sulfonamides is 1. The van der Waals surface area contributed by atoms with Crippen molar-refractivity contribution >= 4 is 10.0 Å². The highest BCUT2D eigenvalue weighted by molar-refractivity contribution is 7.89. The minimum Gasteiger partial charge on any atom is -0.396 e. The lowest BCUT2D eigenvalue weighted by Crippen LogP contribution is -2.43. The Kier molecular flexibility index (Phi) is 5.76. The zero-order chi connectivity index (χ0) is 16.3. The molecule has 0 aliphatic carbocycles. The van der Waals surface area contributed by atoms with Gasteiger partial charge in [-0.25, -0.2) is 8.42 Å². The quantitative estimate of drug-likeness (QED) is 0.816. The minimum absolute atomic E-state index is 0.0892. The van der Waals surface area contributed by atoms with Crippen LogP contribution in [0.4, 0.5) is 13.2 Å². The molecule has 0 saturated carbocycles. The van der Waals surface area contributed by atoms with Crippen molar-refractivity contribution in [2.45, 2.75) is 43.9 Å². The van der Waals surface area contributed by atoms with Crippen LogP contribution in [0.5, 0.6) is 0 Å². The van der Waals surface area contributed by atoms with Crippen LogP contribution in [0.1, 0.15) is 20.3 Å². The number of hydrogen-bond donors (Lipinski definition) is 1. The highest BCUT2D eigenvalue weighted by Crippen LogP contribution is 2.24. The van der Waals surface area contributed by atoms with Gasteiger partial charge in [0.2, 0.25) is 10.0 Å². The van der Waals surface area contributed by atoms with E-state index >= 15 is 0 Å². The Hall–Kier alpha value is -1.13. The van der Waals surface area contributed by atoms with Gasteiger partial charge in [-0.2, -0.15) is 22.6 Å². The first-order valence-electron chi connectivity index (χ1n) is 6.30. The van der Waals surface area contributed by atoms with Crippen molar-refractivity contribution in [3.63, 3.8) is 0 Å². The molecule has 0 spiro atoms. The van der Waals surface area contributed by atoms with Gasteiger partial charge in [0.1, 0.15) is 11.4 Å². The Bertz CT molecular complexity index is 555. The highest BCUT2D eigenvalue weighted by atomic mass is 32.2. The van der Waals surface area contributed by atoms with Crippen LogP contribution in [0.3, 0.4) is 0 Å². The van der Waals surface area contributed by atoms with E-state index in [0.29, 0.717) is 10.7 Å². The number of aliphatic hydroxyl groups excluding tert-OH is 1. The largest absolute Gasteiger partial charge is 0.402 e. The monoisotopic (exact) mass is 329 g/mol. The summed E-state index contributed by atoms with van der Waals surface area (Å²) >= 11 is 0. The summed E-state index contributed by atoms with van der Waals surface area (Å²) < 4.78 is 63.8. The van der Waals surface area contributed by atoms with Gasteiger partial charge >= 0.3 is 6.18 Å². The summed E-state index contributed by atoms with van der Waals surface area (Å²) in [5.74, 6) is 0. The van der Waals surface area contributed by atoms with Crippen LogP contribution < -0.4 is 0 Å². The molecule has 0 aliphatic rings. The molecule has 0 radical (unpaired) electrons. The maximum Gasteiger partial charge on any atom is 0.402 e. The van der Waals surface area contributed by atoms with E-state index in [9.17, 15) is 21.6 Å².